The number of carboxylic acid groups (broad SMARTS) is 1. The number of nitrogens with one attached hydrogen (secondary N) is 3. The van der Waals surface area contributed by atoms with Crippen LogP contribution in [-0.2, 0) is 14.4 Å². The topological polar surface area (TPSA) is 149 Å². The maximum Gasteiger partial charge on any atom is 0.323 e. The first kappa shape index (κ1) is 24.5. The van der Waals surface area contributed by atoms with Crippen molar-refractivity contribution in [3.8, 4) is 0 Å². The fraction of sp³-hybridized carbons (Fsp3) is 0.304. The number of carbonyl (C=O) groups is 3. The number of imide groups is 1. The molecule has 0 bridgehead atoms. The van der Waals surface area contributed by atoms with Gasteiger partial charge in [0.15, 0.2) is 5.96 Å². The highest BCUT2D eigenvalue weighted by atomic mass is 16.4. The smallest absolute Gasteiger partial charge is 0.323 e. The Labute approximate surface area is 187 Å². The summed E-state index contributed by atoms with van der Waals surface area (Å²) in [6, 6.07) is 17.2. The summed E-state index contributed by atoms with van der Waals surface area (Å²) < 4.78 is 0. The number of amides is 2. The summed E-state index contributed by atoms with van der Waals surface area (Å²) in [6.45, 7) is -0.359. The molecule has 0 aliphatic heterocycles. The fourth-order valence-electron chi connectivity index (χ4n) is 3.43. The highest BCUT2D eigenvalue weighted by Crippen LogP contribution is 2.27. The van der Waals surface area contributed by atoms with Gasteiger partial charge in [0.2, 0.25) is 11.8 Å². The van der Waals surface area contributed by atoms with Gasteiger partial charge in [0, 0.05) is 6.54 Å². The molecule has 0 aromatic heterocycles. The van der Waals surface area contributed by atoms with E-state index in [4.69, 9.17) is 11.1 Å². The van der Waals surface area contributed by atoms with Gasteiger partial charge in [-0.2, -0.15) is 0 Å². The lowest BCUT2D eigenvalue weighted by Crippen LogP contribution is -2.51. The summed E-state index contributed by atoms with van der Waals surface area (Å²) in [5.41, 5.74) is 6.59. The Balaban J connectivity index is 2.33. The molecule has 6 N–H and O–H groups in total. The number of guanidine groups is 1. The van der Waals surface area contributed by atoms with Crippen LogP contribution in [0.25, 0.3) is 0 Å². The van der Waals surface area contributed by atoms with E-state index in [1.807, 2.05) is 12.1 Å². The predicted octanol–water partition coefficient (Wildman–Crippen LogP) is 1.11. The van der Waals surface area contributed by atoms with Crippen LogP contribution in [0.1, 0.15) is 29.9 Å². The van der Waals surface area contributed by atoms with Crippen LogP contribution in [-0.4, -0.2) is 59.9 Å². The molecule has 2 aromatic carbocycles. The average molecular weight is 440 g/mol. The Hall–Kier alpha value is -3.72. The molecule has 1 atom stereocenters. The van der Waals surface area contributed by atoms with Crippen molar-refractivity contribution in [3.05, 3.63) is 71.8 Å². The zero-order valence-electron chi connectivity index (χ0n) is 18.0. The summed E-state index contributed by atoms with van der Waals surface area (Å²) in [4.78, 5) is 39.2. The van der Waals surface area contributed by atoms with Crippen molar-refractivity contribution in [2.24, 2.45) is 5.73 Å². The summed E-state index contributed by atoms with van der Waals surface area (Å²) in [6.07, 6.45) is 0.826. The average Bonchev–Trinajstić information content (AvgIpc) is 2.78. The maximum absolute atomic E-state index is 13.6. The Morgan fingerprint density at radius 1 is 1.00 bits per heavy atom. The van der Waals surface area contributed by atoms with Crippen molar-refractivity contribution in [3.63, 3.8) is 0 Å². The number of benzene rings is 2. The predicted molar refractivity (Wildman–Crippen MR) is 121 cm³/mol. The first-order chi connectivity index (χ1) is 15.3. The van der Waals surface area contributed by atoms with Crippen LogP contribution in [0.3, 0.4) is 0 Å². The van der Waals surface area contributed by atoms with E-state index in [9.17, 15) is 19.5 Å². The maximum atomic E-state index is 13.6. The molecular weight excluding hydrogens is 410 g/mol. The number of nitrogens with two attached hydrogens (primary N) is 1. The van der Waals surface area contributed by atoms with Gasteiger partial charge in [0.25, 0.3) is 0 Å². The van der Waals surface area contributed by atoms with E-state index in [0.29, 0.717) is 30.5 Å². The van der Waals surface area contributed by atoms with E-state index >= 15 is 0 Å². The van der Waals surface area contributed by atoms with Crippen molar-refractivity contribution >= 4 is 23.7 Å². The highest BCUT2D eigenvalue weighted by Gasteiger charge is 2.35. The zero-order valence-corrected chi connectivity index (χ0v) is 18.0. The van der Waals surface area contributed by atoms with Gasteiger partial charge in [-0.3, -0.25) is 24.7 Å². The van der Waals surface area contributed by atoms with Crippen molar-refractivity contribution in [2.45, 2.75) is 24.8 Å². The van der Waals surface area contributed by atoms with Crippen molar-refractivity contribution < 1.29 is 19.5 Å². The van der Waals surface area contributed by atoms with Crippen LogP contribution >= 0.6 is 0 Å². The molecule has 2 rings (SSSR count). The van der Waals surface area contributed by atoms with Crippen LogP contribution in [0.2, 0.25) is 0 Å². The molecular formula is C23H29N5O4. The lowest BCUT2D eigenvalue weighted by Gasteiger charge is -2.28. The Kier molecular flexibility index (Phi) is 9.37. The van der Waals surface area contributed by atoms with Gasteiger partial charge in [-0.15, -0.1) is 0 Å². The quantitative estimate of drug-likeness (QED) is 0.200. The summed E-state index contributed by atoms with van der Waals surface area (Å²) in [5, 5.41) is 22.1. The third kappa shape index (κ3) is 6.92. The van der Waals surface area contributed by atoms with Gasteiger partial charge >= 0.3 is 5.97 Å². The van der Waals surface area contributed by atoms with Crippen LogP contribution in [0.4, 0.5) is 0 Å². The minimum Gasteiger partial charge on any atom is -0.480 e. The number of likely N-dealkylation sites (N-methyl/N-ethyl adjacent to an activating group) is 1. The van der Waals surface area contributed by atoms with Gasteiger partial charge in [-0.1, -0.05) is 60.7 Å². The third-order valence-corrected chi connectivity index (χ3v) is 4.97. The molecule has 9 heteroatoms. The van der Waals surface area contributed by atoms with Crippen molar-refractivity contribution in [1.82, 2.24) is 15.5 Å². The number of rotatable bonds is 11. The largest absolute Gasteiger partial charge is 0.480 e. The molecule has 2 aromatic rings. The van der Waals surface area contributed by atoms with Gasteiger partial charge in [0.1, 0.15) is 6.54 Å². The molecule has 0 saturated heterocycles. The second kappa shape index (κ2) is 12.2. The molecule has 2 amide bonds. The number of hydrogen-bond acceptors (Lipinski definition) is 5. The van der Waals surface area contributed by atoms with E-state index in [1.165, 1.54) is 0 Å². The fourth-order valence-corrected chi connectivity index (χ4v) is 3.43. The molecule has 9 nitrogen and oxygen atoms in total. The second-order valence-electron chi connectivity index (χ2n) is 7.23. The Morgan fingerprint density at radius 2 is 1.53 bits per heavy atom. The van der Waals surface area contributed by atoms with Crippen molar-refractivity contribution in [1.29, 1.82) is 5.41 Å². The Morgan fingerprint density at radius 3 is 1.97 bits per heavy atom. The molecule has 0 spiro atoms. The van der Waals surface area contributed by atoms with Crippen molar-refractivity contribution in [2.75, 3.05) is 20.1 Å². The summed E-state index contributed by atoms with van der Waals surface area (Å²) in [5.74, 6) is -3.48. The van der Waals surface area contributed by atoms with E-state index < -0.39 is 36.3 Å². The summed E-state index contributed by atoms with van der Waals surface area (Å²) in [7, 11) is 1.58. The lowest BCUT2D eigenvalue weighted by atomic mass is 9.89. The second-order valence-corrected chi connectivity index (χ2v) is 7.23. The molecule has 0 radical (unpaired) electrons. The minimum atomic E-state index is -1.28. The van der Waals surface area contributed by atoms with Gasteiger partial charge in [-0.05, 0) is 31.0 Å². The van der Waals surface area contributed by atoms with Gasteiger partial charge in [0.05, 0.1) is 12.0 Å². The van der Waals surface area contributed by atoms with E-state index in [-0.39, 0.29) is 5.96 Å². The van der Waals surface area contributed by atoms with E-state index in [1.54, 1.807) is 55.6 Å². The summed E-state index contributed by atoms with van der Waals surface area (Å²) >= 11 is 0. The number of carbonyl (C=O) groups excluding carboxylic acids is 2. The third-order valence-electron chi connectivity index (χ3n) is 4.97. The minimum absolute atomic E-state index is 0.173. The SMILES string of the molecule is CN[C@@H](CCCNC(=N)N)C(=O)N(CC(=O)O)C(=O)C(c1ccccc1)c1ccccc1. The molecule has 0 aliphatic carbocycles. The van der Waals surface area contributed by atoms with E-state index in [0.717, 1.165) is 4.90 Å². The van der Waals surface area contributed by atoms with Crippen LogP contribution in [0.5, 0.6) is 0 Å². The molecule has 0 fully saturated rings. The number of aliphatic carboxylic acids is 1. The molecule has 0 unspecified atom stereocenters. The first-order valence-electron chi connectivity index (χ1n) is 10.3. The molecule has 32 heavy (non-hydrogen) atoms. The number of carboxylic acids is 1. The molecule has 0 aliphatic rings. The van der Waals surface area contributed by atoms with Gasteiger partial charge < -0.3 is 21.5 Å². The monoisotopic (exact) mass is 439 g/mol. The number of hydrogen-bond donors (Lipinski definition) is 5. The van der Waals surface area contributed by atoms with Crippen LogP contribution in [0.15, 0.2) is 60.7 Å². The first-order valence-corrected chi connectivity index (χ1v) is 10.3. The lowest BCUT2D eigenvalue weighted by molar-refractivity contribution is -0.153. The molecule has 170 valence electrons. The number of nitrogens with zero attached hydrogens (tertiary/aromatic N) is 1. The van der Waals surface area contributed by atoms with Gasteiger partial charge in [-0.25, -0.2) is 0 Å². The molecule has 0 heterocycles. The van der Waals surface area contributed by atoms with Crippen LogP contribution in [0, 0.1) is 5.41 Å². The standard InChI is InChI=1S/C23H29N5O4/c1-26-18(13-8-14-27-23(24)25)21(31)28(15-19(29)30)22(32)20(16-9-4-2-5-10-16)17-11-6-3-7-12-17/h2-7,9-12,18,20,26H,8,13-15H2,1H3,(H,29,30)(H4,24,25,27)/t18-/m0/s1. The Bertz CT molecular complexity index is 881. The highest BCUT2D eigenvalue weighted by molar-refractivity contribution is 6.03. The van der Waals surface area contributed by atoms with E-state index in [2.05, 4.69) is 10.6 Å². The normalized spacial score (nSPS) is 11.6. The van der Waals surface area contributed by atoms with Crippen LogP contribution < -0.4 is 16.4 Å². The molecule has 0 saturated carbocycles. The zero-order chi connectivity index (χ0) is 23.5.